The maximum absolute atomic E-state index is 13.6. The van der Waals surface area contributed by atoms with Crippen molar-refractivity contribution in [3.05, 3.63) is 54.1 Å². The van der Waals surface area contributed by atoms with Crippen LogP contribution >= 0.6 is 0 Å². The van der Waals surface area contributed by atoms with Crippen LogP contribution in [0.4, 0.5) is 4.39 Å². The first-order chi connectivity index (χ1) is 13.8. The van der Waals surface area contributed by atoms with E-state index in [2.05, 4.69) is 10.3 Å². The average Bonchev–Trinajstić information content (AvgIpc) is 2.67. The first-order valence-electron chi connectivity index (χ1n) is 8.46. The Hall–Kier alpha value is -3.88. The lowest BCUT2D eigenvalue weighted by Gasteiger charge is -2.12. The largest absolute Gasteiger partial charge is 0.505 e. The number of carboxylic acid groups (broad SMARTS) is 1. The summed E-state index contributed by atoms with van der Waals surface area (Å²) in [4.78, 5) is 26.9. The fourth-order valence-electron chi connectivity index (χ4n) is 2.59. The Morgan fingerprint density at radius 1 is 1.14 bits per heavy atom. The molecule has 0 saturated carbocycles. The molecule has 8 nitrogen and oxygen atoms in total. The van der Waals surface area contributed by atoms with Crippen molar-refractivity contribution in [3.8, 4) is 23.0 Å². The number of benzene rings is 2. The van der Waals surface area contributed by atoms with E-state index in [1.54, 1.807) is 6.07 Å². The molecule has 3 N–H and O–H groups in total. The predicted molar refractivity (Wildman–Crippen MR) is 101 cm³/mol. The van der Waals surface area contributed by atoms with Crippen LogP contribution in [0.15, 0.2) is 42.6 Å². The number of aromatic nitrogens is 1. The van der Waals surface area contributed by atoms with E-state index in [1.807, 2.05) is 0 Å². The van der Waals surface area contributed by atoms with Crippen LogP contribution in [0, 0.1) is 5.82 Å². The van der Waals surface area contributed by atoms with Crippen LogP contribution in [0.3, 0.4) is 0 Å². The van der Waals surface area contributed by atoms with Crippen molar-refractivity contribution in [3.63, 3.8) is 0 Å². The van der Waals surface area contributed by atoms with Crippen LogP contribution in [0.25, 0.3) is 10.8 Å². The van der Waals surface area contributed by atoms with Crippen molar-refractivity contribution in [2.45, 2.75) is 13.0 Å². The molecule has 0 saturated heterocycles. The monoisotopic (exact) mass is 400 g/mol. The van der Waals surface area contributed by atoms with Gasteiger partial charge >= 0.3 is 5.97 Å². The van der Waals surface area contributed by atoms with Gasteiger partial charge in [-0.05, 0) is 25.1 Å². The van der Waals surface area contributed by atoms with Gasteiger partial charge in [-0.1, -0.05) is 0 Å². The summed E-state index contributed by atoms with van der Waals surface area (Å²) < 4.78 is 24.2. The molecule has 1 heterocycles. The van der Waals surface area contributed by atoms with Crippen LogP contribution in [0.5, 0.6) is 23.0 Å². The molecule has 3 rings (SSSR count). The molecule has 2 aromatic carbocycles. The minimum absolute atomic E-state index is 0.219. The first-order valence-corrected chi connectivity index (χ1v) is 8.46. The summed E-state index contributed by atoms with van der Waals surface area (Å²) in [5.74, 6) is -2.07. The Balaban J connectivity index is 1.89. The molecule has 0 aliphatic heterocycles. The number of aromatic hydroxyl groups is 1. The van der Waals surface area contributed by atoms with Crippen LogP contribution in [-0.2, 0) is 4.79 Å². The van der Waals surface area contributed by atoms with Crippen molar-refractivity contribution in [1.29, 1.82) is 0 Å². The van der Waals surface area contributed by atoms with Gasteiger partial charge in [-0.3, -0.25) is 9.59 Å². The highest BCUT2D eigenvalue weighted by molar-refractivity contribution is 6.02. The van der Waals surface area contributed by atoms with Crippen molar-refractivity contribution in [2.75, 3.05) is 7.11 Å². The van der Waals surface area contributed by atoms with Gasteiger partial charge in [0.2, 0.25) is 0 Å². The summed E-state index contributed by atoms with van der Waals surface area (Å²) in [5, 5.41) is 22.3. The van der Waals surface area contributed by atoms with E-state index >= 15 is 0 Å². The molecule has 1 amide bonds. The van der Waals surface area contributed by atoms with E-state index in [1.165, 1.54) is 50.6 Å². The second kappa shape index (κ2) is 8.01. The van der Waals surface area contributed by atoms with Gasteiger partial charge in [-0.25, -0.2) is 9.37 Å². The molecule has 150 valence electrons. The molecule has 0 bridgehead atoms. The molecule has 0 fully saturated rings. The number of pyridine rings is 1. The number of nitrogens with zero attached hydrogens (tertiary/aromatic N) is 1. The van der Waals surface area contributed by atoms with Crippen molar-refractivity contribution >= 4 is 22.6 Å². The molecule has 3 aromatic rings. The SMILES string of the molecule is COc1cc(F)cc(Oc2ccc3c(O)c(C(=O)N[C@@H](C)C(=O)O)ncc3c2)c1. The number of carbonyl (C=O) groups is 2. The summed E-state index contributed by atoms with van der Waals surface area (Å²) in [5.41, 5.74) is -0.297. The van der Waals surface area contributed by atoms with Gasteiger partial charge in [0.15, 0.2) is 11.4 Å². The number of ether oxygens (including phenoxy) is 2. The predicted octanol–water partition coefficient (Wildman–Crippen LogP) is 3.08. The van der Waals surface area contributed by atoms with E-state index in [0.717, 1.165) is 0 Å². The number of amides is 1. The average molecular weight is 400 g/mol. The lowest BCUT2D eigenvalue weighted by Crippen LogP contribution is -2.38. The Kier molecular flexibility index (Phi) is 5.49. The number of hydrogen-bond acceptors (Lipinski definition) is 6. The van der Waals surface area contributed by atoms with Crippen LogP contribution in [0.2, 0.25) is 0 Å². The zero-order chi connectivity index (χ0) is 21.1. The van der Waals surface area contributed by atoms with Crippen LogP contribution in [0.1, 0.15) is 17.4 Å². The number of carbonyl (C=O) groups excluding carboxylic acids is 1. The van der Waals surface area contributed by atoms with E-state index in [9.17, 15) is 19.1 Å². The molecular formula is C20H17FN2O6. The third-order valence-electron chi connectivity index (χ3n) is 4.08. The van der Waals surface area contributed by atoms with Crippen molar-refractivity contribution < 1.29 is 33.7 Å². The Labute approximate surface area is 164 Å². The standard InChI is InChI=1S/C20H17FN2O6/c1-10(20(26)27)23-19(25)17-18(24)16-4-3-13(5-11(16)9-22-17)29-15-7-12(21)6-14(8-15)28-2/h3-10,24H,1-2H3,(H,23,25)(H,26,27)/t10-/m0/s1. The number of rotatable bonds is 6. The van der Waals surface area contributed by atoms with Gasteiger partial charge in [-0.15, -0.1) is 0 Å². The van der Waals surface area contributed by atoms with Gasteiger partial charge in [0, 0.05) is 35.2 Å². The summed E-state index contributed by atoms with van der Waals surface area (Å²) in [6, 6.07) is 7.38. The Morgan fingerprint density at radius 2 is 1.86 bits per heavy atom. The Bertz CT molecular complexity index is 1100. The highest BCUT2D eigenvalue weighted by Crippen LogP contribution is 2.32. The number of aliphatic carboxylic acids is 1. The van der Waals surface area contributed by atoms with Crippen molar-refractivity contribution in [2.24, 2.45) is 0 Å². The Morgan fingerprint density at radius 3 is 2.55 bits per heavy atom. The van der Waals surface area contributed by atoms with Gasteiger partial charge in [0.1, 0.15) is 29.1 Å². The molecule has 9 heteroatoms. The number of hydrogen-bond donors (Lipinski definition) is 3. The van der Waals surface area contributed by atoms with E-state index < -0.39 is 29.5 Å². The molecular weight excluding hydrogens is 383 g/mol. The maximum atomic E-state index is 13.6. The summed E-state index contributed by atoms with van der Waals surface area (Å²) >= 11 is 0. The number of fused-ring (bicyclic) bond motifs is 1. The molecule has 0 aliphatic carbocycles. The molecule has 0 radical (unpaired) electrons. The number of methoxy groups -OCH3 is 1. The second-order valence-electron chi connectivity index (χ2n) is 6.17. The lowest BCUT2D eigenvalue weighted by molar-refractivity contribution is -0.138. The molecule has 1 aromatic heterocycles. The molecule has 0 spiro atoms. The summed E-state index contributed by atoms with van der Waals surface area (Å²) in [6.45, 7) is 1.29. The third-order valence-corrected chi connectivity index (χ3v) is 4.08. The first kappa shape index (κ1) is 19.9. The zero-order valence-electron chi connectivity index (χ0n) is 15.5. The van der Waals surface area contributed by atoms with Crippen molar-refractivity contribution in [1.82, 2.24) is 10.3 Å². The normalized spacial score (nSPS) is 11.7. The van der Waals surface area contributed by atoms with Gasteiger partial charge in [0.25, 0.3) is 5.91 Å². The summed E-state index contributed by atoms with van der Waals surface area (Å²) in [7, 11) is 1.41. The van der Waals surface area contributed by atoms with E-state index in [4.69, 9.17) is 14.6 Å². The third kappa shape index (κ3) is 4.34. The van der Waals surface area contributed by atoms with Gasteiger partial charge in [0.05, 0.1) is 7.11 Å². The second-order valence-corrected chi connectivity index (χ2v) is 6.17. The zero-order valence-corrected chi connectivity index (χ0v) is 15.5. The van der Waals surface area contributed by atoms with Gasteiger partial charge < -0.3 is 25.0 Å². The van der Waals surface area contributed by atoms with Crippen LogP contribution < -0.4 is 14.8 Å². The van der Waals surface area contributed by atoms with Gasteiger partial charge in [-0.2, -0.15) is 0 Å². The lowest BCUT2D eigenvalue weighted by atomic mass is 10.1. The van der Waals surface area contributed by atoms with Crippen LogP contribution in [-0.4, -0.2) is 40.2 Å². The highest BCUT2D eigenvalue weighted by atomic mass is 19.1. The molecule has 0 aliphatic rings. The fraction of sp³-hybridized carbons (Fsp3) is 0.150. The number of carboxylic acids is 1. The fourth-order valence-corrected chi connectivity index (χ4v) is 2.59. The highest BCUT2D eigenvalue weighted by Gasteiger charge is 2.20. The quantitative estimate of drug-likeness (QED) is 0.582. The maximum Gasteiger partial charge on any atom is 0.325 e. The molecule has 1 atom stereocenters. The number of nitrogens with one attached hydrogen (secondary N) is 1. The summed E-state index contributed by atoms with van der Waals surface area (Å²) in [6.07, 6.45) is 1.34. The number of halogens is 1. The molecule has 0 unspecified atom stereocenters. The minimum Gasteiger partial charge on any atom is -0.505 e. The van der Waals surface area contributed by atoms with E-state index in [-0.39, 0.29) is 11.4 Å². The van der Waals surface area contributed by atoms with E-state index in [0.29, 0.717) is 22.3 Å². The smallest absolute Gasteiger partial charge is 0.325 e. The minimum atomic E-state index is -1.21. The topological polar surface area (TPSA) is 118 Å². The molecule has 29 heavy (non-hydrogen) atoms.